The number of hydrogen-bond acceptors (Lipinski definition) is 8. The van der Waals surface area contributed by atoms with Crippen LogP contribution < -0.4 is 10.6 Å². The van der Waals surface area contributed by atoms with Gasteiger partial charge in [0.1, 0.15) is 17.9 Å². The molecular weight excluding hydrogens is 493 g/mol. The van der Waals surface area contributed by atoms with Gasteiger partial charge < -0.3 is 20.1 Å². The van der Waals surface area contributed by atoms with Crippen LogP contribution in [0.1, 0.15) is 44.0 Å². The molecule has 3 N–H and O–H groups in total. The van der Waals surface area contributed by atoms with E-state index in [1.54, 1.807) is 36.6 Å². The molecule has 2 fully saturated rings. The molecule has 3 aromatic heterocycles. The van der Waals surface area contributed by atoms with Crippen LogP contribution in [0.15, 0.2) is 24.5 Å². The van der Waals surface area contributed by atoms with Gasteiger partial charge in [0.05, 0.1) is 11.8 Å². The number of nitrogens with zero attached hydrogens (tertiary/aromatic N) is 5. The number of amides is 1. The van der Waals surface area contributed by atoms with E-state index in [2.05, 4.69) is 35.5 Å². The van der Waals surface area contributed by atoms with Crippen molar-refractivity contribution in [2.24, 2.45) is 0 Å². The van der Waals surface area contributed by atoms with Crippen molar-refractivity contribution >= 4 is 23.5 Å². The number of likely N-dealkylation sites (tertiary alicyclic amines) is 1. The molecule has 11 nitrogen and oxygen atoms in total. The van der Waals surface area contributed by atoms with Crippen molar-refractivity contribution in [2.45, 2.75) is 70.2 Å². The molecular formula is C23H29F3N8O3. The smallest absolute Gasteiger partial charge is 0.407 e. The lowest BCUT2D eigenvalue weighted by Crippen LogP contribution is -2.52. The average molecular weight is 523 g/mol. The fraction of sp³-hybridized carbons (Fsp3) is 0.565. The van der Waals surface area contributed by atoms with Gasteiger partial charge in [-0.25, -0.2) is 19.2 Å². The summed E-state index contributed by atoms with van der Waals surface area (Å²) in [7, 11) is 0. The first kappa shape index (κ1) is 25.3. The number of H-pyrrole nitrogens is 1. The highest BCUT2D eigenvalue weighted by atomic mass is 19.3. The van der Waals surface area contributed by atoms with Crippen molar-refractivity contribution in [1.82, 2.24) is 34.8 Å². The van der Waals surface area contributed by atoms with Gasteiger partial charge in [-0.15, -0.1) is 0 Å². The minimum absolute atomic E-state index is 0.0933. The van der Waals surface area contributed by atoms with Gasteiger partial charge in [-0.2, -0.15) is 13.9 Å². The molecule has 0 aromatic carbocycles. The summed E-state index contributed by atoms with van der Waals surface area (Å²) in [4.78, 5) is 22.8. The third kappa shape index (κ3) is 5.80. The van der Waals surface area contributed by atoms with Gasteiger partial charge in [0, 0.05) is 55.7 Å². The molecule has 2 aliphatic rings. The summed E-state index contributed by atoms with van der Waals surface area (Å²) in [5.74, 6) is 0.443. The van der Waals surface area contributed by atoms with Crippen LogP contribution in [0.25, 0.3) is 5.65 Å². The summed E-state index contributed by atoms with van der Waals surface area (Å²) in [5.41, 5.74) is 2.01. The molecule has 1 aliphatic heterocycles. The highest BCUT2D eigenvalue weighted by Crippen LogP contribution is 2.38. The van der Waals surface area contributed by atoms with Crippen LogP contribution in [0.4, 0.5) is 29.7 Å². The van der Waals surface area contributed by atoms with E-state index in [1.807, 2.05) is 11.1 Å². The van der Waals surface area contributed by atoms with Crippen LogP contribution in [-0.4, -0.2) is 79.7 Å². The number of anilines is 2. The highest BCUT2D eigenvalue weighted by Gasteiger charge is 2.41. The summed E-state index contributed by atoms with van der Waals surface area (Å²) in [5, 5.41) is 12.9. The number of carbonyl (C=O) groups excluding carboxylic acids is 1. The van der Waals surface area contributed by atoms with Crippen molar-refractivity contribution in [3.05, 3.63) is 35.9 Å². The minimum Gasteiger partial charge on any atom is -0.443 e. The number of alkyl halides is 3. The molecule has 4 heterocycles. The second-order valence-electron chi connectivity index (χ2n) is 9.65. The highest BCUT2D eigenvalue weighted by molar-refractivity contribution is 5.67. The third-order valence-electron chi connectivity index (χ3n) is 6.44. The average Bonchev–Trinajstić information content (AvgIpc) is 3.51. The number of nitrogens with one attached hydrogen (secondary N) is 3. The van der Waals surface area contributed by atoms with E-state index in [9.17, 15) is 13.6 Å². The molecule has 14 heteroatoms. The second kappa shape index (κ2) is 10.5. The molecule has 3 aromatic rings. The number of rotatable bonds is 9. The summed E-state index contributed by atoms with van der Waals surface area (Å²) < 4.78 is 51.2. The summed E-state index contributed by atoms with van der Waals surface area (Å²) in [6.45, 7) is 2.18. The van der Waals surface area contributed by atoms with Crippen LogP contribution >= 0.6 is 0 Å². The number of aromatic nitrogens is 5. The van der Waals surface area contributed by atoms with Crippen LogP contribution in [-0.2, 0) is 16.0 Å². The first-order valence-electron chi connectivity index (χ1n) is 12.2. The van der Waals surface area contributed by atoms with Gasteiger partial charge in [0.15, 0.2) is 5.82 Å². The topological polar surface area (TPSA) is 122 Å². The van der Waals surface area contributed by atoms with E-state index in [4.69, 9.17) is 4.74 Å². The van der Waals surface area contributed by atoms with Crippen molar-refractivity contribution in [3.63, 3.8) is 0 Å². The molecule has 1 amide bonds. The Morgan fingerprint density at radius 3 is 2.86 bits per heavy atom. The number of imidazole rings is 1. The maximum Gasteiger partial charge on any atom is 0.407 e. The van der Waals surface area contributed by atoms with E-state index in [1.165, 1.54) is 0 Å². The number of fused-ring (bicyclic) bond motifs is 1. The Morgan fingerprint density at radius 2 is 2.11 bits per heavy atom. The zero-order chi connectivity index (χ0) is 26.1. The lowest BCUT2D eigenvalue weighted by Gasteiger charge is -2.37. The molecule has 0 radical (unpaired) electrons. The number of halogens is 3. The maximum atomic E-state index is 15.1. The van der Waals surface area contributed by atoms with Gasteiger partial charge in [0.25, 0.3) is 0 Å². The Labute approximate surface area is 210 Å². The Kier molecular flexibility index (Phi) is 7.20. The van der Waals surface area contributed by atoms with Crippen molar-refractivity contribution < 1.29 is 27.4 Å². The molecule has 0 bridgehead atoms. The largest absolute Gasteiger partial charge is 0.443 e. The van der Waals surface area contributed by atoms with Gasteiger partial charge in [-0.05, 0) is 32.8 Å². The molecule has 0 spiro atoms. The SMILES string of the molecule is CC(C)NC(=O)O[C@H]1CC[C@@H](c2cc(Nc3nccc4nc(CN5CC(OC(F)F)C5)cn34)n[nH]2)[C@@H]1F. The van der Waals surface area contributed by atoms with Gasteiger partial charge in [-0.1, -0.05) is 0 Å². The minimum atomic E-state index is -2.76. The molecule has 0 unspecified atom stereocenters. The first-order valence-corrected chi connectivity index (χ1v) is 12.2. The number of ether oxygens (including phenoxy) is 2. The summed E-state index contributed by atoms with van der Waals surface area (Å²) in [6.07, 6.45) is 1.11. The number of hydrogen-bond donors (Lipinski definition) is 3. The Morgan fingerprint density at radius 1 is 1.30 bits per heavy atom. The number of carbonyl (C=O) groups is 1. The van der Waals surface area contributed by atoms with Gasteiger partial charge >= 0.3 is 12.7 Å². The van der Waals surface area contributed by atoms with Crippen molar-refractivity contribution in [3.8, 4) is 0 Å². The lowest BCUT2D eigenvalue weighted by molar-refractivity contribution is -0.197. The zero-order valence-corrected chi connectivity index (χ0v) is 20.4. The van der Waals surface area contributed by atoms with E-state index in [-0.39, 0.29) is 6.04 Å². The van der Waals surface area contributed by atoms with Crippen LogP contribution in [0.5, 0.6) is 0 Å². The first-order chi connectivity index (χ1) is 17.7. The predicted octanol–water partition coefficient (Wildman–Crippen LogP) is 3.34. The second-order valence-corrected chi connectivity index (χ2v) is 9.65. The number of alkyl carbamates (subject to hydrolysis) is 1. The normalized spacial score (nSPS) is 22.6. The maximum absolute atomic E-state index is 15.1. The summed E-state index contributed by atoms with van der Waals surface area (Å²) in [6, 6.07) is 3.38. The monoisotopic (exact) mass is 522 g/mol. The molecule has 1 aliphatic carbocycles. The van der Waals surface area contributed by atoms with E-state index in [0.29, 0.717) is 55.6 Å². The fourth-order valence-corrected chi connectivity index (χ4v) is 4.73. The molecule has 3 atom stereocenters. The van der Waals surface area contributed by atoms with Crippen molar-refractivity contribution in [1.29, 1.82) is 0 Å². The Bertz CT molecular complexity index is 1230. The lowest BCUT2D eigenvalue weighted by atomic mass is 10.0. The molecule has 5 rings (SSSR count). The van der Waals surface area contributed by atoms with Crippen LogP contribution in [0, 0.1) is 0 Å². The van der Waals surface area contributed by atoms with E-state index >= 15 is 4.39 Å². The fourth-order valence-electron chi connectivity index (χ4n) is 4.73. The molecule has 1 saturated carbocycles. The van der Waals surface area contributed by atoms with Crippen LogP contribution in [0.2, 0.25) is 0 Å². The molecule has 1 saturated heterocycles. The summed E-state index contributed by atoms with van der Waals surface area (Å²) >= 11 is 0. The molecule has 37 heavy (non-hydrogen) atoms. The van der Waals surface area contributed by atoms with Gasteiger partial charge in [-0.3, -0.25) is 14.4 Å². The zero-order valence-electron chi connectivity index (χ0n) is 20.4. The quantitative estimate of drug-likeness (QED) is 0.391. The van der Waals surface area contributed by atoms with E-state index < -0.39 is 37.0 Å². The standard InChI is InChI=1S/C23H29F3N8O3/c1-12(2)28-23(35)37-17-4-3-15(20(17)24)16-7-18(32-31-16)30-22-27-6-5-19-29-13(9-34(19)22)8-33-10-14(11-33)36-21(25)26/h5-7,9,12,14-15,17,20-21H,3-4,8,10-11H2,1-2H3,(H,28,35)(H2,27,30,31,32)/t15-,17-,20-/m0/s1. The Hall–Kier alpha value is -3.39. The van der Waals surface area contributed by atoms with E-state index in [0.717, 1.165) is 5.69 Å². The van der Waals surface area contributed by atoms with Crippen LogP contribution in [0.3, 0.4) is 0 Å². The Balaban J connectivity index is 1.21. The van der Waals surface area contributed by atoms with Crippen molar-refractivity contribution in [2.75, 3.05) is 18.4 Å². The predicted molar refractivity (Wildman–Crippen MR) is 126 cm³/mol. The van der Waals surface area contributed by atoms with Gasteiger partial charge in [0.2, 0.25) is 5.95 Å². The number of aromatic amines is 1. The third-order valence-corrected chi connectivity index (χ3v) is 6.44. The molecule has 200 valence electrons.